The molecule has 2 saturated heterocycles. The summed E-state index contributed by atoms with van der Waals surface area (Å²) in [6.07, 6.45) is 10.2. The van der Waals surface area contributed by atoms with E-state index in [9.17, 15) is 14.4 Å². The minimum absolute atomic E-state index is 0.00478. The van der Waals surface area contributed by atoms with E-state index in [1.54, 1.807) is 0 Å². The number of nitrogens with zero attached hydrogens (tertiary/aromatic N) is 6. The molecule has 1 N–H and O–H groups in total. The highest BCUT2D eigenvalue weighted by molar-refractivity contribution is 6.01. The Kier molecular flexibility index (Phi) is 12.5. The predicted octanol–water partition coefficient (Wildman–Crippen LogP) is 6.99. The topological polar surface area (TPSA) is 112 Å². The van der Waals surface area contributed by atoms with Crippen LogP contribution in [0.1, 0.15) is 74.6 Å². The van der Waals surface area contributed by atoms with Gasteiger partial charge in [0.25, 0.3) is 5.91 Å². The Morgan fingerprint density at radius 3 is 2.32 bits per heavy atom. The molecule has 4 aromatic carbocycles. The number of fused-ring (bicyclic) bond motifs is 2. The molecule has 1 unspecified atom stereocenters. The minimum atomic E-state index is -0.295. The smallest absolute Gasteiger partial charge is 0.254 e. The van der Waals surface area contributed by atoms with Gasteiger partial charge in [0.15, 0.2) is 5.82 Å². The first-order valence-corrected chi connectivity index (χ1v) is 21.6. The minimum Gasteiger partial charge on any atom is -0.332 e. The van der Waals surface area contributed by atoms with Gasteiger partial charge in [-0.15, -0.1) is 0 Å². The number of carbonyl (C=O) groups is 3. The molecule has 3 aliphatic rings. The molecule has 5 heterocycles. The molecule has 63 heavy (non-hydrogen) atoms. The molecule has 2 fully saturated rings. The average molecular weight is 830 g/mol. The fourth-order valence-electron chi connectivity index (χ4n) is 8.25. The van der Waals surface area contributed by atoms with Crippen LogP contribution in [0.3, 0.4) is 0 Å². The maximum absolute atomic E-state index is 13.6. The molecule has 2 aromatic heterocycles. The van der Waals surface area contributed by atoms with E-state index in [1.165, 1.54) is 0 Å². The summed E-state index contributed by atoms with van der Waals surface area (Å²) in [5.41, 5.74) is 9.29. The lowest BCUT2D eigenvalue weighted by atomic mass is 9.90. The zero-order valence-electron chi connectivity index (χ0n) is 35.1. The number of piperazine rings is 1. The van der Waals surface area contributed by atoms with Crippen molar-refractivity contribution >= 4 is 40.8 Å². The van der Waals surface area contributed by atoms with Crippen LogP contribution in [-0.2, 0) is 22.6 Å². The molecule has 3 amide bonds. The van der Waals surface area contributed by atoms with E-state index in [1.807, 2.05) is 90.1 Å². The lowest BCUT2D eigenvalue weighted by Crippen LogP contribution is -2.46. The van der Waals surface area contributed by atoms with E-state index in [0.717, 1.165) is 108 Å². The number of piperidine rings is 1. The largest absolute Gasteiger partial charge is 0.332 e. The SMILES string of the molecule is O=C1CCC(c2cccc(C#CCCN3CCN(CC#Cc4ccc(/C=C/c5ccc(C(=O)N6CCc7cnc(-c8cnc9ccccc9c8)nc7C6)cc5)cc4)CC3)c2)C(=O)N1. The zero-order chi connectivity index (χ0) is 43.0. The monoisotopic (exact) mass is 829 g/mol. The van der Waals surface area contributed by atoms with Gasteiger partial charge in [0.05, 0.1) is 30.2 Å². The normalized spacial score (nSPS) is 16.8. The molecular formula is C53H47N7O3. The van der Waals surface area contributed by atoms with Crippen molar-refractivity contribution < 1.29 is 14.4 Å². The third-order valence-corrected chi connectivity index (χ3v) is 11.9. The fraction of sp³-hybridized carbons (Fsp3) is 0.245. The number of carbonyl (C=O) groups excluding carboxylic acids is 3. The molecule has 10 nitrogen and oxygen atoms in total. The third kappa shape index (κ3) is 10.3. The highest BCUT2D eigenvalue weighted by atomic mass is 16.2. The maximum Gasteiger partial charge on any atom is 0.254 e. The lowest BCUT2D eigenvalue weighted by molar-refractivity contribution is -0.134. The second-order valence-electron chi connectivity index (χ2n) is 16.2. The highest BCUT2D eigenvalue weighted by Crippen LogP contribution is 2.26. The van der Waals surface area contributed by atoms with Crippen molar-refractivity contribution in [2.75, 3.05) is 45.8 Å². The maximum atomic E-state index is 13.6. The number of hydrogen-bond acceptors (Lipinski definition) is 8. The molecular weight excluding hydrogens is 783 g/mol. The number of amides is 3. The summed E-state index contributed by atoms with van der Waals surface area (Å²) < 4.78 is 0. The van der Waals surface area contributed by atoms with Gasteiger partial charge < -0.3 is 4.90 Å². The molecule has 1 atom stereocenters. The standard InChI is InChI=1S/C53H47N7O3/c61-50-24-23-47(52(62)57-50)43-11-5-8-41(33-43)7-3-4-26-58-29-31-59(32-30-58)27-6-9-38-13-15-39(16-14-38)17-18-40-19-21-42(22-20-40)53(63)60-28-25-45-35-55-51(56-49(45)37-60)46-34-44-10-1-2-12-48(44)54-36-46/h1-2,5,8,10-22,33-36,47H,4,23-32,37H2,(H,57,61,62)/b18-17+. The van der Waals surface area contributed by atoms with Crippen LogP contribution < -0.4 is 5.32 Å². The van der Waals surface area contributed by atoms with Crippen molar-refractivity contribution in [3.05, 3.63) is 160 Å². The van der Waals surface area contributed by atoms with Crippen molar-refractivity contribution in [2.45, 2.75) is 38.1 Å². The second kappa shape index (κ2) is 19.2. The van der Waals surface area contributed by atoms with Crippen LogP contribution in [-0.4, -0.2) is 93.2 Å². The van der Waals surface area contributed by atoms with E-state index >= 15 is 0 Å². The number of benzene rings is 4. The van der Waals surface area contributed by atoms with E-state index in [0.29, 0.717) is 37.3 Å². The average Bonchev–Trinajstić information content (AvgIpc) is 3.32. The van der Waals surface area contributed by atoms with Gasteiger partial charge in [0.2, 0.25) is 11.8 Å². The fourth-order valence-corrected chi connectivity index (χ4v) is 8.25. The van der Waals surface area contributed by atoms with Crippen molar-refractivity contribution in [1.82, 2.24) is 35.0 Å². The van der Waals surface area contributed by atoms with Crippen LogP contribution in [0.15, 0.2) is 116 Å². The predicted molar refractivity (Wildman–Crippen MR) is 246 cm³/mol. The summed E-state index contributed by atoms with van der Waals surface area (Å²) in [5.74, 6) is 13.1. The van der Waals surface area contributed by atoms with Gasteiger partial charge in [-0.3, -0.25) is 34.5 Å². The van der Waals surface area contributed by atoms with Crippen LogP contribution >= 0.6 is 0 Å². The van der Waals surface area contributed by atoms with Crippen molar-refractivity contribution in [2.24, 2.45) is 0 Å². The molecule has 6 aromatic rings. The highest BCUT2D eigenvalue weighted by Gasteiger charge is 2.28. The lowest BCUT2D eigenvalue weighted by Gasteiger charge is -2.33. The summed E-state index contributed by atoms with van der Waals surface area (Å²) in [7, 11) is 0. The quantitative estimate of drug-likeness (QED) is 0.0994. The Morgan fingerprint density at radius 2 is 1.51 bits per heavy atom. The Balaban J connectivity index is 0.704. The number of rotatable bonds is 8. The molecule has 3 aliphatic heterocycles. The van der Waals surface area contributed by atoms with Gasteiger partial charge in [-0.2, -0.15) is 0 Å². The first-order valence-electron chi connectivity index (χ1n) is 21.6. The van der Waals surface area contributed by atoms with Gasteiger partial charge in [-0.1, -0.05) is 90.4 Å². The summed E-state index contributed by atoms with van der Waals surface area (Å²) in [4.78, 5) is 58.1. The van der Waals surface area contributed by atoms with Crippen molar-refractivity contribution in [3.63, 3.8) is 0 Å². The Labute approximate surface area is 368 Å². The van der Waals surface area contributed by atoms with E-state index in [-0.39, 0.29) is 23.6 Å². The van der Waals surface area contributed by atoms with Crippen LogP contribution in [0.4, 0.5) is 0 Å². The number of imide groups is 1. The van der Waals surface area contributed by atoms with Gasteiger partial charge in [-0.05, 0) is 83.6 Å². The second-order valence-corrected chi connectivity index (χ2v) is 16.2. The Morgan fingerprint density at radius 1 is 0.746 bits per heavy atom. The van der Waals surface area contributed by atoms with Gasteiger partial charge in [0, 0.05) is 92.1 Å². The van der Waals surface area contributed by atoms with E-state index in [2.05, 4.69) is 91.3 Å². The molecule has 9 rings (SSSR count). The molecule has 0 spiro atoms. The number of hydrogen-bond donors (Lipinski definition) is 1. The zero-order valence-corrected chi connectivity index (χ0v) is 35.1. The number of nitrogens with one attached hydrogen (secondary N) is 1. The molecule has 10 heteroatoms. The van der Waals surface area contributed by atoms with Crippen LogP contribution in [0.25, 0.3) is 34.4 Å². The summed E-state index contributed by atoms with van der Waals surface area (Å²) >= 11 is 0. The number of para-hydroxylation sites is 1. The molecule has 0 bridgehead atoms. The summed E-state index contributed by atoms with van der Waals surface area (Å²) in [5, 5.41) is 3.48. The van der Waals surface area contributed by atoms with Gasteiger partial charge >= 0.3 is 0 Å². The summed E-state index contributed by atoms with van der Waals surface area (Å²) in [6.45, 7) is 6.66. The first-order chi connectivity index (χ1) is 30.9. The van der Waals surface area contributed by atoms with E-state index in [4.69, 9.17) is 4.98 Å². The Bertz CT molecular complexity index is 2820. The molecule has 0 radical (unpaired) electrons. The number of pyridine rings is 1. The summed E-state index contributed by atoms with van der Waals surface area (Å²) in [6, 6.07) is 33.9. The van der Waals surface area contributed by atoms with Crippen molar-refractivity contribution in [3.8, 4) is 35.1 Å². The van der Waals surface area contributed by atoms with Crippen LogP contribution in [0, 0.1) is 23.7 Å². The van der Waals surface area contributed by atoms with Crippen LogP contribution in [0.5, 0.6) is 0 Å². The van der Waals surface area contributed by atoms with Gasteiger partial charge in [-0.25, -0.2) is 9.97 Å². The molecule has 0 aliphatic carbocycles. The first kappa shape index (κ1) is 41.1. The van der Waals surface area contributed by atoms with Crippen LogP contribution in [0.2, 0.25) is 0 Å². The molecule has 312 valence electrons. The van der Waals surface area contributed by atoms with Gasteiger partial charge in [0.1, 0.15) is 0 Å². The third-order valence-electron chi connectivity index (χ3n) is 11.9. The Hall–Kier alpha value is -7.24. The number of aromatic nitrogens is 3. The van der Waals surface area contributed by atoms with E-state index < -0.39 is 0 Å². The van der Waals surface area contributed by atoms with Crippen molar-refractivity contribution in [1.29, 1.82) is 0 Å². The molecule has 0 saturated carbocycles.